The van der Waals surface area contributed by atoms with Gasteiger partial charge in [0.15, 0.2) is 9.84 Å². The van der Waals surface area contributed by atoms with Gasteiger partial charge in [0.2, 0.25) is 11.8 Å². The Labute approximate surface area is 196 Å². The Balaban J connectivity index is 1.30. The third-order valence-electron chi connectivity index (χ3n) is 6.83. The summed E-state index contributed by atoms with van der Waals surface area (Å²) in [6, 6.07) is 15.4. The summed E-state index contributed by atoms with van der Waals surface area (Å²) >= 11 is 0. The van der Waals surface area contributed by atoms with Gasteiger partial charge < -0.3 is 9.80 Å². The molecule has 6 nitrogen and oxygen atoms in total. The van der Waals surface area contributed by atoms with Crippen molar-refractivity contribution in [3.63, 3.8) is 0 Å². The second-order valence-electron chi connectivity index (χ2n) is 9.02. The molecular formula is C26H32N2O4S. The van der Waals surface area contributed by atoms with Crippen molar-refractivity contribution in [1.29, 1.82) is 0 Å². The molecule has 2 amide bonds. The fourth-order valence-electron chi connectivity index (χ4n) is 4.85. The number of sulfone groups is 1. The maximum Gasteiger partial charge on any atom is 0.226 e. The highest BCUT2D eigenvalue weighted by Gasteiger charge is 2.27. The zero-order valence-corrected chi connectivity index (χ0v) is 20.0. The largest absolute Gasteiger partial charge is 0.343 e. The van der Waals surface area contributed by atoms with E-state index in [1.807, 2.05) is 17.9 Å². The van der Waals surface area contributed by atoms with Crippen LogP contribution < -0.4 is 4.90 Å². The summed E-state index contributed by atoms with van der Waals surface area (Å²) in [4.78, 5) is 28.5. The van der Waals surface area contributed by atoms with Crippen molar-refractivity contribution in [3.8, 4) is 0 Å². The summed E-state index contributed by atoms with van der Waals surface area (Å²) < 4.78 is 25.8. The van der Waals surface area contributed by atoms with Crippen LogP contribution in [-0.4, -0.2) is 50.5 Å². The summed E-state index contributed by atoms with van der Waals surface area (Å²) in [6.45, 7) is 3.79. The predicted molar refractivity (Wildman–Crippen MR) is 129 cm³/mol. The Morgan fingerprint density at radius 1 is 0.970 bits per heavy atom. The molecule has 33 heavy (non-hydrogen) atoms. The van der Waals surface area contributed by atoms with Gasteiger partial charge in [-0.05, 0) is 60.9 Å². The molecule has 0 aromatic heterocycles. The number of amides is 2. The van der Waals surface area contributed by atoms with Crippen molar-refractivity contribution < 1.29 is 18.0 Å². The Bertz CT molecular complexity index is 1110. The second-order valence-corrected chi connectivity index (χ2v) is 11.1. The number of hydrogen-bond acceptors (Lipinski definition) is 4. The third-order valence-corrected chi connectivity index (χ3v) is 8.54. The number of rotatable bonds is 7. The predicted octanol–water partition coefficient (Wildman–Crippen LogP) is 3.63. The van der Waals surface area contributed by atoms with Gasteiger partial charge in [0.05, 0.1) is 10.6 Å². The summed E-state index contributed by atoms with van der Waals surface area (Å²) in [7, 11) is -3.56. The lowest BCUT2D eigenvalue weighted by atomic mass is 9.90. The Morgan fingerprint density at radius 2 is 1.70 bits per heavy atom. The van der Waals surface area contributed by atoms with Gasteiger partial charge in [0.1, 0.15) is 0 Å². The van der Waals surface area contributed by atoms with Crippen molar-refractivity contribution in [2.24, 2.45) is 5.92 Å². The SMILES string of the molecule is CCC(=O)N1CCc2cc(S(=O)(=O)CCC(=O)N3CCC(Cc4ccccc4)CC3)ccc21. The molecule has 2 aromatic carbocycles. The minimum Gasteiger partial charge on any atom is -0.343 e. The molecule has 7 heteroatoms. The first-order chi connectivity index (χ1) is 15.9. The minimum atomic E-state index is -3.56. The van der Waals surface area contributed by atoms with E-state index in [1.165, 1.54) is 5.56 Å². The van der Waals surface area contributed by atoms with Crippen LogP contribution in [0.4, 0.5) is 5.69 Å². The van der Waals surface area contributed by atoms with Crippen LogP contribution in [0, 0.1) is 5.92 Å². The molecule has 1 fully saturated rings. The fraction of sp³-hybridized carbons (Fsp3) is 0.462. The number of piperidine rings is 1. The number of nitrogens with zero attached hydrogens (tertiary/aromatic N) is 2. The lowest BCUT2D eigenvalue weighted by Crippen LogP contribution is -2.39. The van der Waals surface area contributed by atoms with Crippen LogP contribution in [0.1, 0.15) is 43.7 Å². The minimum absolute atomic E-state index is 0.00319. The van der Waals surface area contributed by atoms with Crippen LogP contribution in [0.3, 0.4) is 0 Å². The average molecular weight is 469 g/mol. The van der Waals surface area contributed by atoms with Gasteiger partial charge >= 0.3 is 0 Å². The zero-order valence-electron chi connectivity index (χ0n) is 19.2. The van der Waals surface area contributed by atoms with E-state index in [0.717, 1.165) is 30.5 Å². The monoisotopic (exact) mass is 468 g/mol. The van der Waals surface area contributed by atoms with Crippen LogP contribution >= 0.6 is 0 Å². The topological polar surface area (TPSA) is 74.8 Å². The highest BCUT2D eigenvalue weighted by Crippen LogP contribution is 2.31. The van der Waals surface area contributed by atoms with Crippen LogP contribution in [0.15, 0.2) is 53.4 Å². The quantitative estimate of drug-likeness (QED) is 0.622. The second kappa shape index (κ2) is 10.1. The van der Waals surface area contributed by atoms with Crippen LogP contribution in [-0.2, 0) is 32.3 Å². The Kier molecular flexibility index (Phi) is 7.17. The molecule has 0 N–H and O–H groups in total. The molecule has 176 valence electrons. The number of carbonyl (C=O) groups excluding carboxylic acids is 2. The van der Waals surface area contributed by atoms with Crippen molar-refractivity contribution in [1.82, 2.24) is 4.90 Å². The molecule has 2 aromatic rings. The molecule has 0 atom stereocenters. The van der Waals surface area contributed by atoms with E-state index in [4.69, 9.17) is 0 Å². The van der Waals surface area contributed by atoms with Gasteiger partial charge in [-0.2, -0.15) is 0 Å². The van der Waals surface area contributed by atoms with Gasteiger partial charge in [0, 0.05) is 38.2 Å². The Hall–Kier alpha value is -2.67. The molecule has 1 saturated heterocycles. The number of benzene rings is 2. The average Bonchev–Trinajstić information content (AvgIpc) is 3.27. The van der Waals surface area contributed by atoms with Gasteiger partial charge in [0.25, 0.3) is 0 Å². The van der Waals surface area contributed by atoms with Gasteiger partial charge in [-0.15, -0.1) is 0 Å². The maximum atomic E-state index is 12.9. The van der Waals surface area contributed by atoms with Crippen molar-refractivity contribution in [2.75, 3.05) is 30.3 Å². The van der Waals surface area contributed by atoms with Gasteiger partial charge in [-0.3, -0.25) is 9.59 Å². The normalized spacial score (nSPS) is 16.6. The van der Waals surface area contributed by atoms with E-state index in [-0.39, 0.29) is 28.9 Å². The molecule has 0 bridgehead atoms. The summed E-state index contributed by atoms with van der Waals surface area (Å²) in [5, 5.41) is 0. The van der Waals surface area contributed by atoms with Gasteiger partial charge in [-0.1, -0.05) is 37.3 Å². The zero-order chi connectivity index (χ0) is 23.4. The van der Waals surface area contributed by atoms with E-state index < -0.39 is 9.84 Å². The first-order valence-corrected chi connectivity index (χ1v) is 13.5. The van der Waals surface area contributed by atoms with Gasteiger partial charge in [-0.25, -0.2) is 8.42 Å². The Morgan fingerprint density at radius 3 is 2.39 bits per heavy atom. The number of anilines is 1. The molecule has 2 aliphatic heterocycles. The third kappa shape index (κ3) is 5.46. The smallest absolute Gasteiger partial charge is 0.226 e. The van der Waals surface area contributed by atoms with E-state index in [1.54, 1.807) is 23.1 Å². The first-order valence-electron chi connectivity index (χ1n) is 11.8. The molecule has 2 heterocycles. The van der Waals surface area contributed by atoms with E-state index >= 15 is 0 Å². The van der Waals surface area contributed by atoms with Crippen molar-refractivity contribution in [3.05, 3.63) is 59.7 Å². The summed E-state index contributed by atoms with van der Waals surface area (Å²) in [5.74, 6) is 0.331. The highest BCUT2D eigenvalue weighted by atomic mass is 32.2. The van der Waals surface area contributed by atoms with Crippen molar-refractivity contribution >= 4 is 27.3 Å². The fourth-order valence-corrected chi connectivity index (χ4v) is 6.13. The summed E-state index contributed by atoms with van der Waals surface area (Å²) in [6.07, 6.45) is 4.00. The number of hydrogen-bond donors (Lipinski definition) is 0. The van der Waals surface area contributed by atoms with Crippen LogP contribution in [0.5, 0.6) is 0 Å². The standard InChI is InChI=1S/C26H32N2O4S/c1-2-25(29)28-16-12-22-19-23(8-9-24(22)28)33(31,32)17-13-26(30)27-14-10-21(11-15-27)18-20-6-4-3-5-7-20/h3-9,19,21H,2,10-18H2,1H3. The lowest BCUT2D eigenvalue weighted by molar-refractivity contribution is -0.132. The molecule has 4 rings (SSSR count). The number of fused-ring (bicyclic) bond motifs is 1. The molecule has 0 aliphatic carbocycles. The molecule has 2 aliphatic rings. The molecule has 0 unspecified atom stereocenters. The number of carbonyl (C=O) groups is 2. The van der Waals surface area contributed by atoms with Crippen LogP contribution in [0.2, 0.25) is 0 Å². The lowest BCUT2D eigenvalue weighted by Gasteiger charge is -2.32. The van der Waals surface area contributed by atoms with E-state index in [9.17, 15) is 18.0 Å². The highest BCUT2D eigenvalue weighted by molar-refractivity contribution is 7.91. The maximum absolute atomic E-state index is 12.9. The van der Waals surface area contributed by atoms with E-state index in [0.29, 0.717) is 38.4 Å². The van der Waals surface area contributed by atoms with Crippen molar-refractivity contribution in [2.45, 2.75) is 50.3 Å². The molecule has 0 radical (unpaired) electrons. The number of likely N-dealkylation sites (tertiary alicyclic amines) is 1. The molecule has 0 saturated carbocycles. The first kappa shape index (κ1) is 23.5. The molecular weight excluding hydrogens is 436 g/mol. The summed E-state index contributed by atoms with van der Waals surface area (Å²) in [5.41, 5.74) is 3.00. The molecule has 0 spiro atoms. The van der Waals surface area contributed by atoms with E-state index in [2.05, 4.69) is 24.3 Å². The van der Waals surface area contributed by atoms with Crippen LogP contribution in [0.25, 0.3) is 0 Å².